The van der Waals surface area contributed by atoms with Crippen LogP contribution in [0.3, 0.4) is 0 Å². The molecule has 156 valence electrons. The van der Waals surface area contributed by atoms with E-state index in [1.54, 1.807) is 15.9 Å². The number of carbonyl (C=O) groups excluding carboxylic acids is 2. The average molecular weight is 426 g/mol. The van der Waals surface area contributed by atoms with Gasteiger partial charge in [-0.1, -0.05) is 30.3 Å². The molecule has 1 aliphatic heterocycles. The van der Waals surface area contributed by atoms with E-state index in [2.05, 4.69) is 10.1 Å². The Bertz CT molecular complexity index is 816. The summed E-state index contributed by atoms with van der Waals surface area (Å²) >= 11 is 0. The Morgan fingerprint density at radius 1 is 0.931 bits per heavy atom. The molecule has 0 bridgehead atoms. The molecule has 0 unspecified atom stereocenters. The molecule has 6 nitrogen and oxygen atoms in total. The molecule has 2 aromatic rings. The molecule has 1 heterocycles. The van der Waals surface area contributed by atoms with Crippen molar-refractivity contribution in [3.8, 4) is 5.75 Å². The first kappa shape index (κ1) is 22.4. The zero-order valence-electron chi connectivity index (χ0n) is 15.6. The maximum atomic E-state index is 12.7. The molecule has 0 atom stereocenters. The number of benzene rings is 2. The number of rotatable bonds is 6. The fourth-order valence-electron chi connectivity index (χ4n) is 3.02. The van der Waals surface area contributed by atoms with Crippen LogP contribution < -0.4 is 10.1 Å². The number of alkyl halides is 2. The molecule has 1 aliphatic rings. The van der Waals surface area contributed by atoms with E-state index < -0.39 is 6.61 Å². The van der Waals surface area contributed by atoms with Gasteiger partial charge in [-0.2, -0.15) is 8.78 Å². The maximum Gasteiger partial charge on any atom is 0.387 e. The summed E-state index contributed by atoms with van der Waals surface area (Å²) in [6.45, 7) is -1.39. The molecule has 0 radical (unpaired) electrons. The molecule has 1 fully saturated rings. The van der Waals surface area contributed by atoms with E-state index in [1.165, 1.54) is 18.2 Å². The van der Waals surface area contributed by atoms with E-state index in [-0.39, 0.29) is 42.1 Å². The third-order valence-corrected chi connectivity index (χ3v) is 4.47. The second-order valence-electron chi connectivity index (χ2n) is 6.27. The third kappa shape index (κ3) is 6.05. The monoisotopic (exact) mass is 425 g/mol. The largest absolute Gasteiger partial charge is 0.434 e. The fourth-order valence-corrected chi connectivity index (χ4v) is 3.02. The Balaban J connectivity index is 0.00000300. The average Bonchev–Trinajstić information content (AvgIpc) is 2.72. The lowest BCUT2D eigenvalue weighted by molar-refractivity contribution is -0.130. The quantitative estimate of drug-likeness (QED) is 0.772. The van der Waals surface area contributed by atoms with Gasteiger partial charge in [0.15, 0.2) is 0 Å². The summed E-state index contributed by atoms with van der Waals surface area (Å²) in [4.78, 5) is 28.3. The molecular formula is C20H22ClF2N3O3. The van der Waals surface area contributed by atoms with Gasteiger partial charge in [-0.05, 0) is 24.3 Å². The maximum absolute atomic E-state index is 12.7. The van der Waals surface area contributed by atoms with Gasteiger partial charge in [0, 0.05) is 31.9 Å². The summed E-state index contributed by atoms with van der Waals surface area (Å²) in [5.41, 5.74) is 0.952. The highest BCUT2D eigenvalue weighted by Crippen LogP contribution is 2.22. The van der Waals surface area contributed by atoms with E-state index in [4.69, 9.17) is 0 Å². The predicted octanol–water partition coefficient (Wildman–Crippen LogP) is 3.11. The summed E-state index contributed by atoms with van der Waals surface area (Å²) in [6.07, 6.45) is 0. The van der Waals surface area contributed by atoms with Crippen LogP contribution in [0.2, 0.25) is 0 Å². The normalized spacial score (nSPS) is 13.6. The highest BCUT2D eigenvalue weighted by atomic mass is 35.5. The molecule has 2 amide bonds. The number of anilines is 1. The molecule has 0 aromatic heterocycles. The van der Waals surface area contributed by atoms with Crippen molar-refractivity contribution in [1.82, 2.24) is 9.80 Å². The van der Waals surface area contributed by atoms with Gasteiger partial charge in [-0.25, -0.2) is 0 Å². The van der Waals surface area contributed by atoms with E-state index in [0.29, 0.717) is 26.2 Å². The molecule has 3 rings (SSSR count). The van der Waals surface area contributed by atoms with Gasteiger partial charge in [-0.15, -0.1) is 12.4 Å². The summed E-state index contributed by atoms with van der Waals surface area (Å²) in [5.74, 6) is -0.587. The van der Waals surface area contributed by atoms with Crippen LogP contribution in [0.4, 0.5) is 14.5 Å². The van der Waals surface area contributed by atoms with E-state index in [0.717, 1.165) is 5.69 Å². The van der Waals surface area contributed by atoms with E-state index in [9.17, 15) is 18.4 Å². The number of para-hydroxylation sites is 2. The van der Waals surface area contributed by atoms with Gasteiger partial charge in [0.2, 0.25) is 5.91 Å². The molecule has 0 aliphatic carbocycles. The summed E-state index contributed by atoms with van der Waals surface area (Å²) in [6, 6.07) is 15.3. The van der Waals surface area contributed by atoms with Crippen LogP contribution in [0.5, 0.6) is 5.75 Å². The fraction of sp³-hybridized carbons (Fsp3) is 0.300. The van der Waals surface area contributed by atoms with E-state index >= 15 is 0 Å². The van der Waals surface area contributed by atoms with Crippen LogP contribution >= 0.6 is 12.4 Å². The minimum absolute atomic E-state index is 0. The number of ether oxygens (including phenoxy) is 1. The molecular weight excluding hydrogens is 404 g/mol. The standard InChI is InChI=1S/C20H21F2N3O3.ClH/c21-20(22)28-17-9-5-4-8-16(17)19(27)25-12-10-24(11-13-25)18(26)14-23-15-6-2-1-3-7-15;/h1-9,20,23H,10-14H2;1H. The number of nitrogens with zero attached hydrogens (tertiary/aromatic N) is 2. The number of piperazine rings is 1. The van der Waals surface area contributed by atoms with Crippen LogP contribution in [-0.4, -0.2) is 60.9 Å². The molecule has 1 saturated heterocycles. The minimum atomic E-state index is -3.00. The summed E-state index contributed by atoms with van der Waals surface area (Å²) in [7, 11) is 0. The van der Waals surface area contributed by atoms with Gasteiger partial charge in [0.05, 0.1) is 12.1 Å². The van der Waals surface area contributed by atoms with Crippen LogP contribution in [0.15, 0.2) is 54.6 Å². The highest BCUT2D eigenvalue weighted by molar-refractivity contribution is 5.97. The smallest absolute Gasteiger partial charge is 0.387 e. The van der Waals surface area contributed by atoms with Crippen molar-refractivity contribution < 1.29 is 23.1 Å². The molecule has 0 spiro atoms. The van der Waals surface area contributed by atoms with Crippen molar-refractivity contribution in [2.45, 2.75) is 6.61 Å². The van der Waals surface area contributed by atoms with Gasteiger partial charge < -0.3 is 19.9 Å². The topological polar surface area (TPSA) is 61.9 Å². The number of hydrogen-bond acceptors (Lipinski definition) is 4. The number of carbonyl (C=O) groups is 2. The number of nitrogens with one attached hydrogen (secondary N) is 1. The molecule has 0 saturated carbocycles. The third-order valence-electron chi connectivity index (χ3n) is 4.47. The molecule has 2 aromatic carbocycles. The first-order valence-electron chi connectivity index (χ1n) is 8.94. The lowest BCUT2D eigenvalue weighted by Crippen LogP contribution is -2.51. The van der Waals surface area contributed by atoms with Crippen LogP contribution in [0, 0.1) is 0 Å². The van der Waals surface area contributed by atoms with Crippen molar-refractivity contribution in [2.24, 2.45) is 0 Å². The number of amides is 2. The van der Waals surface area contributed by atoms with Gasteiger partial charge in [-0.3, -0.25) is 9.59 Å². The van der Waals surface area contributed by atoms with Crippen molar-refractivity contribution >= 4 is 29.9 Å². The van der Waals surface area contributed by atoms with Crippen molar-refractivity contribution in [2.75, 3.05) is 38.0 Å². The number of hydrogen-bond donors (Lipinski definition) is 1. The first-order chi connectivity index (χ1) is 13.5. The lowest BCUT2D eigenvalue weighted by Gasteiger charge is -2.35. The van der Waals surface area contributed by atoms with Crippen molar-refractivity contribution in [3.63, 3.8) is 0 Å². The second-order valence-corrected chi connectivity index (χ2v) is 6.27. The van der Waals surface area contributed by atoms with Crippen LogP contribution in [-0.2, 0) is 4.79 Å². The van der Waals surface area contributed by atoms with E-state index in [1.807, 2.05) is 30.3 Å². The van der Waals surface area contributed by atoms with Gasteiger partial charge in [0.1, 0.15) is 5.75 Å². The zero-order valence-corrected chi connectivity index (χ0v) is 16.4. The Labute approximate surface area is 173 Å². The SMILES string of the molecule is Cl.O=C(CNc1ccccc1)N1CCN(C(=O)c2ccccc2OC(F)F)CC1. The lowest BCUT2D eigenvalue weighted by atomic mass is 10.1. The predicted molar refractivity (Wildman–Crippen MR) is 108 cm³/mol. The molecule has 1 N–H and O–H groups in total. The Morgan fingerprint density at radius 3 is 2.17 bits per heavy atom. The number of halogens is 3. The highest BCUT2D eigenvalue weighted by Gasteiger charge is 2.26. The molecule has 9 heteroatoms. The summed E-state index contributed by atoms with van der Waals surface area (Å²) < 4.78 is 29.5. The van der Waals surface area contributed by atoms with Crippen molar-refractivity contribution in [1.29, 1.82) is 0 Å². The van der Waals surface area contributed by atoms with Crippen LogP contribution in [0.1, 0.15) is 10.4 Å². The first-order valence-corrected chi connectivity index (χ1v) is 8.94. The van der Waals surface area contributed by atoms with Crippen molar-refractivity contribution in [3.05, 3.63) is 60.2 Å². The zero-order chi connectivity index (χ0) is 19.9. The second kappa shape index (κ2) is 10.6. The van der Waals surface area contributed by atoms with Gasteiger partial charge in [0.25, 0.3) is 5.91 Å². The Hall–Kier alpha value is -2.87. The Morgan fingerprint density at radius 2 is 1.52 bits per heavy atom. The van der Waals surface area contributed by atoms with Crippen LogP contribution in [0.25, 0.3) is 0 Å². The minimum Gasteiger partial charge on any atom is -0.434 e. The van der Waals surface area contributed by atoms with Gasteiger partial charge >= 0.3 is 6.61 Å². The Kier molecular flexibility index (Phi) is 8.21. The summed E-state index contributed by atoms with van der Waals surface area (Å²) in [5, 5.41) is 3.07. The molecule has 29 heavy (non-hydrogen) atoms.